The number of hydrogen-bond acceptors (Lipinski definition) is 2. The molecule has 1 heterocycles. The molecule has 16 heavy (non-hydrogen) atoms. The summed E-state index contributed by atoms with van der Waals surface area (Å²) in [6.07, 6.45) is 2.24. The van der Waals surface area contributed by atoms with Gasteiger partial charge in [-0.2, -0.15) is 0 Å². The molecule has 88 valence electrons. The van der Waals surface area contributed by atoms with Gasteiger partial charge < -0.3 is 10.1 Å². The monoisotopic (exact) mass is 239 g/mol. The van der Waals surface area contributed by atoms with E-state index in [1.54, 1.807) is 7.11 Å². The molecule has 1 aliphatic rings. The zero-order chi connectivity index (χ0) is 11.5. The Balaban J connectivity index is 2.23. The quantitative estimate of drug-likeness (QED) is 0.876. The van der Waals surface area contributed by atoms with Gasteiger partial charge in [-0.25, -0.2) is 0 Å². The Labute approximate surface area is 102 Å². The van der Waals surface area contributed by atoms with E-state index in [2.05, 4.69) is 11.4 Å². The second-order valence-electron chi connectivity index (χ2n) is 4.49. The highest BCUT2D eigenvalue weighted by Crippen LogP contribution is 2.31. The van der Waals surface area contributed by atoms with E-state index >= 15 is 0 Å². The predicted octanol–water partition coefficient (Wildman–Crippen LogP) is 2.81. The van der Waals surface area contributed by atoms with Crippen LogP contribution in [0.5, 0.6) is 5.75 Å². The zero-order valence-electron chi connectivity index (χ0n) is 9.85. The van der Waals surface area contributed by atoms with Crippen LogP contribution in [-0.2, 0) is 6.42 Å². The normalized spacial score (nSPS) is 20.1. The first-order chi connectivity index (χ1) is 7.70. The van der Waals surface area contributed by atoms with Gasteiger partial charge in [0.25, 0.3) is 0 Å². The molecule has 0 aromatic heterocycles. The Morgan fingerprint density at radius 3 is 2.94 bits per heavy atom. The van der Waals surface area contributed by atoms with E-state index in [4.69, 9.17) is 16.3 Å². The Kier molecular flexibility index (Phi) is 3.72. The van der Waals surface area contributed by atoms with E-state index in [9.17, 15) is 0 Å². The van der Waals surface area contributed by atoms with Crippen molar-refractivity contribution in [3.63, 3.8) is 0 Å². The van der Waals surface area contributed by atoms with E-state index in [1.807, 2.05) is 13.0 Å². The van der Waals surface area contributed by atoms with Crippen molar-refractivity contribution in [1.82, 2.24) is 5.32 Å². The van der Waals surface area contributed by atoms with Crippen LogP contribution < -0.4 is 10.1 Å². The summed E-state index contributed by atoms with van der Waals surface area (Å²) in [5.41, 5.74) is 2.30. The Morgan fingerprint density at radius 1 is 1.50 bits per heavy atom. The fourth-order valence-electron chi connectivity index (χ4n) is 2.30. The van der Waals surface area contributed by atoms with Gasteiger partial charge in [0, 0.05) is 10.6 Å². The van der Waals surface area contributed by atoms with Gasteiger partial charge in [0.2, 0.25) is 0 Å². The molecule has 0 spiro atoms. The molecule has 2 rings (SSSR count). The average molecular weight is 240 g/mol. The highest BCUT2D eigenvalue weighted by molar-refractivity contribution is 6.31. The largest absolute Gasteiger partial charge is 0.496 e. The maximum absolute atomic E-state index is 6.29. The first-order valence-electron chi connectivity index (χ1n) is 5.74. The first-order valence-corrected chi connectivity index (χ1v) is 6.12. The summed E-state index contributed by atoms with van der Waals surface area (Å²) in [4.78, 5) is 0. The van der Waals surface area contributed by atoms with Crippen molar-refractivity contribution >= 4 is 11.6 Å². The number of methoxy groups -OCH3 is 1. The predicted molar refractivity (Wildman–Crippen MR) is 67.4 cm³/mol. The molecule has 1 aromatic carbocycles. The smallest absolute Gasteiger partial charge is 0.123 e. The molecular weight excluding hydrogens is 222 g/mol. The van der Waals surface area contributed by atoms with Crippen molar-refractivity contribution < 1.29 is 4.74 Å². The van der Waals surface area contributed by atoms with Gasteiger partial charge in [-0.3, -0.25) is 0 Å². The topological polar surface area (TPSA) is 21.3 Å². The summed E-state index contributed by atoms with van der Waals surface area (Å²) in [5, 5.41) is 4.21. The van der Waals surface area contributed by atoms with E-state index in [-0.39, 0.29) is 0 Å². The zero-order valence-corrected chi connectivity index (χ0v) is 10.6. The Bertz CT molecular complexity index is 372. The maximum atomic E-state index is 6.29. The first kappa shape index (κ1) is 11.7. The summed E-state index contributed by atoms with van der Waals surface area (Å²) in [7, 11) is 1.71. The van der Waals surface area contributed by atoms with Crippen LogP contribution in [0.25, 0.3) is 0 Å². The lowest BCUT2D eigenvalue weighted by Crippen LogP contribution is -2.11. The molecule has 1 fully saturated rings. The van der Waals surface area contributed by atoms with Crippen molar-refractivity contribution in [2.75, 3.05) is 20.2 Å². The molecule has 0 radical (unpaired) electrons. The van der Waals surface area contributed by atoms with Gasteiger partial charge in [-0.05, 0) is 56.5 Å². The molecule has 3 heteroatoms. The Hall–Kier alpha value is -0.730. The average Bonchev–Trinajstić information content (AvgIpc) is 2.74. The highest BCUT2D eigenvalue weighted by Gasteiger charge is 2.19. The van der Waals surface area contributed by atoms with Crippen molar-refractivity contribution in [2.24, 2.45) is 5.92 Å². The SMILES string of the molecule is COc1cc(C)cc(Cl)c1CC1CCNC1. The fourth-order valence-corrected chi connectivity index (χ4v) is 2.64. The third-order valence-electron chi connectivity index (χ3n) is 3.17. The maximum Gasteiger partial charge on any atom is 0.123 e. The van der Waals surface area contributed by atoms with Crippen LogP contribution in [0, 0.1) is 12.8 Å². The second kappa shape index (κ2) is 5.07. The van der Waals surface area contributed by atoms with Gasteiger partial charge in [0.1, 0.15) is 5.75 Å². The summed E-state index contributed by atoms with van der Waals surface area (Å²) in [6, 6.07) is 4.07. The third-order valence-corrected chi connectivity index (χ3v) is 3.51. The van der Waals surface area contributed by atoms with Crippen LogP contribution in [-0.4, -0.2) is 20.2 Å². The molecule has 0 saturated carbocycles. The number of halogens is 1. The molecule has 1 atom stereocenters. The molecular formula is C13H18ClNO. The number of benzene rings is 1. The van der Waals surface area contributed by atoms with E-state index in [0.29, 0.717) is 5.92 Å². The minimum atomic E-state index is 0.689. The number of rotatable bonds is 3. The molecule has 1 N–H and O–H groups in total. The van der Waals surface area contributed by atoms with Gasteiger partial charge in [-0.15, -0.1) is 0 Å². The van der Waals surface area contributed by atoms with Gasteiger partial charge in [0.15, 0.2) is 0 Å². The molecule has 1 aliphatic heterocycles. The van der Waals surface area contributed by atoms with Crippen molar-refractivity contribution in [3.05, 3.63) is 28.3 Å². The summed E-state index contributed by atoms with van der Waals surface area (Å²) in [5.74, 6) is 1.62. The molecule has 0 aliphatic carbocycles. The highest BCUT2D eigenvalue weighted by atomic mass is 35.5. The van der Waals surface area contributed by atoms with E-state index in [0.717, 1.165) is 41.4 Å². The molecule has 1 saturated heterocycles. The third kappa shape index (κ3) is 2.50. The minimum absolute atomic E-state index is 0.689. The lowest BCUT2D eigenvalue weighted by atomic mass is 9.97. The molecule has 1 unspecified atom stereocenters. The van der Waals surface area contributed by atoms with Crippen LogP contribution in [0.4, 0.5) is 0 Å². The van der Waals surface area contributed by atoms with Crippen LogP contribution in [0.15, 0.2) is 12.1 Å². The summed E-state index contributed by atoms with van der Waals surface area (Å²) < 4.78 is 5.41. The van der Waals surface area contributed by atoms with Crippen molar-refractivity contribution in [1.29, 1.82) is 0 Å². The number of ether oxygens (including phenoxy) is 1. The van der Waals surface area contributed by atoms with Gasteiger partial charge in [-0.1, -0.05) is 11.6 Å². The van der Waals surface area contributed by atoms with Crippen LogP contribution >= 0.6 is 11.6 Å². The van der Waals surface area contributed by atoms with Crippen molar-refractivity contribution in [3.8, 4) is 5.75 Å². The standard InChI is InChI=1S/C13H18ClNO/c1-9-5-12(14)11(13(6-9)16-2)7-10-3-4-15-8-10/h5-6,10,15H,3-4,7-8H2,1-2H3. The molecule has 1 aromatic rings. The van der Waals surface area contributed by atoms with Crippen LogP contribution in [0.2, 0.25) is 5.02 Å². The lowest BCUT2D eigenvalue weighted by molar-refractivity contribution is 0.405. The van der Waals surface area contributed by atoms with Gasteiger partial charge in [0.05, 0.1) is 7.11 Å². The van der Waals surface area contributed by atoms with Crippen LogP contribution in [0.3, 0.4) is 0 Å². The van der Waals surface area contributed by atoms with E-state index < -0.39 is 0 Å². The summed E-state index contributed by atoms with van der Waals surface area (Å²) in [6.45, 7) is 4.25. The fraction of sp³-hybridized carbons (Fsp3) is 0.538. The number of aryl methyl sites for hydroxylation is 1. The molecule has 2 nitrogen and oxygen atoms in total. The summed E-state index contributed by atoms with van der Waals surface area (Å²) >= 11 is 6.29. The Morgan fingerprint density at radius 2 is 2.31 bits per heavy atom. The van der Waals surface area contributed by atoms with E-state index in [1.165, 1.54) is 6.42 Å². The van der Waals surface area contributed by atoms with Gasteiger partial charge >= 0.3 is 0 Å². The lowest BCUT2D eigenvalue weighted by Gasteiger charge is -2.14. The second-order valence-corrected chi connectivity index (χ2v) is 4.90. The minimum Gasteiger partial charge on any atom is -0.496 e. The molecule has 0 bridgehead atoms. The number of hydrogen-bond donors (Lipinski definition) is 1. The van der Waals surface area contributed by atoms with Crippen LogP contribution in [0.1, 0.15) is 17.5 Å². The molecule has 0 amide bonds. The van der Waals surface area contributed by atoms with Crippen molar-refractivity contribution in [2.45, 2.75) is 19.8 Å². The number of nitrogens with one attached hydrogen (secondary N) is 1.